The minimum Gasteiger partial charge on any atom is -0.384 e. The van der Waals surface area contributed by atoms with Gasteiger partial charge < -0.3 is 17.2 Å². The summed E-state index contributed by atoms with van der Waals surface area (Å²) >= 11 is 0. The molecule has 3 fully saturated rings. The molecule has 0 radical (unpaired) electrons. The number of pyridine rings is 1. The number of hydrogen-bond donors (Lipinski definition) is 3. The summed E-state index contributed by atoms with van der Waals surface area (Å²) in [5.74, 6) is 0.747. The Morgan fingerprint density at radius 1 is 1.13 bits per heavy atom. The van der Waals surface area contributed by atoms with Gasteiger partial charge in [-0.2, -0.15) is 0 Å². The van der Waals surface area contributed by atoms with Gasteiger partial charge in [0.05, 0.1) is 6.54 Å². The van der Waals surface area contributed by atoms with Crippen LogP contribution in [0.2, 0.25) is 0 Å². The smallest absolute Gasteiger partial charge is 0.331 e. The van der Waals surface area contributed by atoms with Gasteiger partial charge >= 0.3 is 5.91 Å². The number of nitrogen functional groups attached to an aromatic ring is 1. The number of likely N-dealkylation sites (tertiary alicyclic amines) is 1. The molecular weight excluding hydrogens is 437 g/mol. The molecule has 1 aromatic rings. The lowest BCUT2D eigenvalue weighted by Crippen LogP contribution is -2.70. The molecule has 7 nitrogen and oxygen atoms in total. The van der Waals surface area contributed by atoms with E-state index in [9.17, 15) is 9.59 Å². The van der Waals surface area contributed by atoms with Crippen LogP contribution in [0.4, 0.5) is 5.82 Å². The van der Waals surface area contributed by atoms with Gasteiger partial charge in [0.15, 0.2) is 5.54 Å². The van der Waals surface area contributed by atoms with Crippen molar-refractivity contribution < 1.29 is 14.1 Å². The zero-order valence-corrected chi connectivity index (χ0v) is 19.6. The monoisotopic (exact) mass is 472 g/mol. The highest BCUT2D eigenvalue weighted by molar-refractivity contribution is 5.91. The van der Waals surface area contributed by atoms with Crippen LogP contribution in [0.3, 0.4) is 0 Å². The Labute approximate surface area is 196 Å². The van der Waals surface area contributed by atoms with E-state index in [1.54, 1.807) is 12.3 Å². The minimum atomic E-state index is -0.805. The second-order valence-corrected chi connectivity index (χ2v) is 9.46. The lowest BCUT2D eigenvalue weighted by Gasteiger charge is -2.46. The van der Waals surface area contributed by atoms with E-state index in [-0.39, 0.29) is 47.0 Å². The van der Waals surface area contributed by atoms with Crippen LogP contribution in [0, 0.1) is 11.8 Å². The summed E-state index contributed by atoms with van der Waals surface area (Å²) in [5, 5.41) is 0. The number of primary amides is 1. The van der Waals surface area contributed by atoms with E-state index in [0.717, 1.165) is 31.2 Å². The number of carbonyl (C=O) groups is 2. The zero-order chi connectivity index (χ0) is 20.6. The Hall–Kier alpha value is -1.41. The maximum atomic E-state index is 13.9. The van der Waals surface area contributed by atoms with E-state index in [1.165, 1.54) is 19.3 Å². The van der Waals surface area contributed by atoms with Gasteiger partial charge in [-0.15, -0.1) is 24.8 Å². The molecule has 3 aliphatic rings. The van der Waals surface area contributed by atoms with Crippen molar-refractivity contribution >= 4 is 42.4 Å². The molecule has 1 saturated heterocycles. The van der Waals surface area contributed by atoms with Gasteiger partial charge in [-0.3, -0.25) is 4.79 Å². The standard InChI is InChI=1S/C22H33N5O2.2ClH/c23-18(11-15-5-2-1-3-6-15)20(28)27(14-16-8-9-19(24)26-13-16)10-4-7-17-12-22(17,27)21(25)29;;/h8-9,13,15,17-18H,1-7,10-12,14,23H2,(H3-,24,25,26,29);2*1H/p+1/t17-,18-,22+,27?;;/m1../s1. The highest BCUT2D eigenvalue weighted by Gasteiger charge is 2.76. The predicted molar refractivity (Wildman–Crippen MR) is 125 cm³/mol. The first-order valence-electron chi connectivity index (χ1n) is 11.1. The first-order valence-corrected chi connectivity index (χ1v) is 11.1. The van der Waals surface area contributed by atoms with Crippen molar-refractivity contribution in [1.82, 2.24) is 4.98 Å². The minimum absolute atomic E-state index is 0. The van der Waals surface area contributed by atoms with E-state index < -0.39 is 11.6 Å². The number of anilines is 1. The fourth-order valence-corrected chi connectivity index (χ4v) is 6.15. The Kier molecular flexibility index (Phi) is 8.36. The van der Waals surface area contributed by atoms with Crippen molar-refractivity contribution in [1.29, 1.82) is 0 Å². The number of nitrogens with zero attached hydrogens (tertiary/aromatic N) is 2. The fraction of sp³-hybridized carbons (Fsp3) is 0.682. The van der Waals surface area contributed by atoms with Gasteiger partial charge in [-0.25, -0.2) is 14.3 Å². The van der Waals surface area contributed by atoms with E-state index in [4.69, 9.17) is 17.2 Å². The molecule has 1 aliphatic heterocycles. The number of halogens is 2. The molecule has 9 heteroatoms. The second kappa shape index (κ2) is 10.0. The summed E-state index contributed by atoms with van der Waals surface area (Å²) in [6.07, 6.45) is 11.0. The average Bonchev–Trinajstić information content (AvgIpc) is 3.47. The van der Waals surface area contributed by atoms with Crippen molar-refractivity contribution in [2.24, 2.45) is 23.3 Å². The van der Waals surface area contributed by atoms with Crippen molar-refractivity contribution in [2.75, 3.05) is 12.3 Å². The van der Waals surface area contributed by atoms with Crippen molar-refractivity contribution in [3.05, 3.63) is 23.9 Å². The lowest BCUT2D eigenvalue weighted by atomic mass is 9.84. The van der Waals surface area contributed by atoms with Gasteiger partial charge in [0, 0.05) is 24.1 Å². The van der Waals surface area contributed by atoms with Crippen LogP contribution in [0.25, 0.3) is 0 Å². The van der Waals surface area contributed by atoms with E-state index in [2.05, 4.69) is 4.98 Å². The van der Waals surface area contributed by atoms with Gasteiger partial charge in [0.25, 0.3) is 5.91 Å². The molecule has 2 amide bonds. The average molecular weight is 473 g/mol. The number of carbonyl (C=O) groups excluding carboxylic acids is 2. The van der Waals surface area contributed by atoms with Crippen LogP contribution in [-0.2, 0) is 16.1 Å². The van der Waals surface area contributed by atoms with E-state index in [0.29, 0.717) is 37.7 Å². The third kappa shape index (κ3) is 4.56. The number of fused-ring (bicyclic) bond motifs is 1. The predicted octanol–water partition coefficient (Wildman–Crippen LogP) is 2.69. The molecule has 0 bridgehead atoms. The van der Waals surface area contributed by atoms with Crippen LogP contribution in [-0.4, -0.2) is 39.4 Å². The highest BCUT2D eigenvalue weighted by atomic mass is 35.5. The molecule has 174 valence electrons. The SMILES string of the molecule is Cl.Cl.NC(=O)[C@]12C[C@H]1CCC[N+]2(Cc1ccc(N)nc1)C(=O)[C@H](N)CC1CCCCC1. The summed E-state index contributed by atoms with van der Waals surface area (Å²) in [7, 11) is 0. The quantitative estimate of drug-likeness (QED) is 0.548. The molecule has 0 aromatic carbocycles. The van der Waals surface area contributed by atoms with E-state index in [1.807, 2.05) is 6.07 Å². The molecule has 2 aliphatic carbocycles. The molecule has 4 atom stereocenters. The maximum absolute atomic E-state index is 13.9. The molecular formula is C22H36Cl2N5O2+. The number of quaternary nitrogens is 1. The van der Waals surface area contributed by atoms with Gasteiger partial charge in [0.1, 0.15) is 18.4 Å². The topological polar surface area (TPSA) is 125 Å². The Balaban J connectivity index is 0.00000171. The Morgan fingerprint density at radius 2 is 1.84 bits per heavy atom. The number of aromatic nitrogens is 1. The van der Waals surface area contributed by atoms with Gasteiger partial charge in [-0.05, 0) is 37.3 Å². The summed E-state index contributed by atoms with van der Waals surface area (Å²) in [5.41, 5.74) is 18.3. The normalized spacial score (nSPS) is 30.8. The van der Waals surface area contributed by atoms with Crippen LogP contribution < -0.4 is 17.2 Å². The number of hydrogen-bond acceptors (Lipinski definition) is 5. The highest BCUT2D eigenvalue weighted by Crippen LogP contribution is 2.59. The van der Waals surface area contributed by atoms with Gasteiger partial charge in [0.2, 0.25) is 0 Å². The molecule has 31 heavy (non-hydrogen) atoms. The van der Waals surface area contributed by atoms with Crippen LogP contribution in [0.1, 0.15) is 63.4 Å². The fourth-order valence-electron chi connectivity index (χ4n) is 6.15. The molecule has 1 unspecified atom stereocenters. The maximum Gasteiger partial charge on any atom is 0.331 e. The first-order chi connectivity index (χ1) is 13.9. The van der Waals surface area contributed by atoms with Crippen molar-refractivity contribution in [3.8, 4) is 0 Å². The molecule has 2 saturated carbocycles. The van der Waals surface area contributed by atoms with Crippen molar-refractivity contribution in [3.63, 3.8) is 0 Å². The third-order valence-electron chi connectivity index (χ3n) is 7.71. The number of piperidine rings is 1. The Morgan fingerprint density at radius 3 is 2.45 bits per heavy atom. The summed E-state index contributed by atoms with van der Waals surface area (Å²) in [4.78, 5) is 30.8. The van der Waals surface area contributed by atoms with Crippen LogP contribution in [0.15, 0.2) is 18.3 Å². The summed E-state index contributed by atoms with van der Waals surface area (Å²) < 4.78 is 0.0620. The number of nitrogens with two attached hydrogens (primary N) is 3. The third-order valence-corrected chi connectivity index (χ3v) is 7.71. The number of amides is 2. The van der Waals surface area contributed by atoms with Crippen LogP contribution in [0.5, 0.6) is 0 Å². The Bertz CT molecular complexity index is 787. The molecule has 6 N–H and O–H groups in total. The molecule has 2 heterocycles. The summed E-state index contributed by atoms with van der Waals surface area (Å²) in [6.45, 7) is 1.02. The van der Waals surface area contributed by atoms with Gasteiger partial charge in [-0.1, -0.05) is 32.1 Å². The zero-order valence-electron chi connectivity index (χ0n) is 18.0. The van der Waals surface area contributed by atoms with E-state index >= 15 is 0 Å². The largest absolute Gasteiger partial charge is 0.384 e. The van der Waals surface area contributed by atoms with Crippen LogP contribution >= 0.6 is 24.8 Å². The van der Waals surface area contributed by atoms with Crippen molar-refractivity contribution in [2.45, 2.75) is 75.9 Å². The lowest BCUT2D eigenvalue weighted by molar-refractivity contribution is -0.900. The molecule has 0 spiro atoms. The second-order valence-electron chi connectivity index (χ2n) is 9.46. The molecule has 4 rings (SSSR count). The summed E-state index contributed by atoms with van der Waals surface area (Å²) in [6, 6.07) is 3.07. The first kappa shape index (κ1) is 25.8. The molecule has 1 aromatic heterocycles. The number of rotatable bonds is 6.